The summed E-state index contributed by atoms with van der Waals surface area (Å²) >= 11 is -2.49. The highest BCUT2D eigenvalue weighted by molar-refractivity contribution is 7.80. The van der Waals surface area contributed by atoms with E-state index in [-0.39, 0.29) is 17.1 Å². The number of aromatic hydroxyl groups is 1. The number of isocyanates is 1. The van der Waals surface area contributed by atoms with Crippen LogP contribution in [0.1, 0.15) is 31.9 Å². The number of hydrogen-bond acceptors (Lipinski definition) is 6. The number of anilines is 3. The Balaban J connectivity index is 2.63. The molecule has 0 aliphatic carbocycles. The second-order valence-corrected chi connectivity index (χ2v) is 7.14. The number of phenols is 1. The molecular formula is C19H20N3O4S-. The predicted octanol–water partition coefficient (Wildman–Crippen LogP) is 3.95. The molecule has 0 aliphatic heterocycles. The average molecular weight is 386 g/mol. The van der Waals surface area contributed by atoms with Crippen LogP contribution in [0.4, 0.5) is 17.1 Å². The fourth-order valence-electron chi connectivity index (χ4n) is 2.66. The molecule has 0 aliphatic rings. The van der Waals surface area contributed by atoms with Gasteiger partial charge in [0.2, 0.25) is 6.08 Å². The molecular weight excluding hydrogens is 366 g/mol. The molecule has 27 heavy (non-hydrogen) atoms. The monoisotopic (exact) mass is 386 g/mol. The van der Waals surface area contributed by atoms with Crippen molar-refractivity contribution in [3.05, 3.63) is 54.1 Å². The van der Waals surface area contributed by atoms with Gasteiger partial charge in [0.1, 0.15) is 5.75 Å². The van der Waals surface area contributed by atoms with Crippen LogP contribution in [-0.4, -0.2) is 19.9 Å². The Morgan fingerprint density at radius 3 is 2.63 bits per heavy atom. The normalized spacial score (nSPS) is 12.0. The van der Waals surface area contributed by atoms with Crippen LogP contribution in [0.5, 0.6) is 5.75 Å². The summed E-state index contributed by atoms with van der Waals surface area (Å²) in [4.78, 5) is 14.7. The van der Waals surface area contributed by atoms with Crippen molar-refractivity contribution in [2.75, 3.05) is 10.0 Å². The summed E-state index contributed by atoms with van der Waals surface area (Å²) in [5.74, 6) is -0.0728. The first-order valence-electron chi connectivity index (χ1n) is 8.00. The van der Waals surface area contributed by atoms with Gasteiger partial charge in [-0.2, -0.15) is 4.99 Å². The van der Waals surface area contributed by atoms with Crippen LogP contribution in [-0.2, 0) is 21.6 Å². The number of nitrogens with one attached hydrogen (secondary N) is 2. The molecule has 1 unspecified atom stereocenters. The molecule has 0 heterocycles. The molecule has 0 saturated heterocycles. The number of benzene rings is 2. The Kier molecular flexibility index (Phi) is 6.17. The first kappa shape index (κ1) is 20.4. The lowest BCUT2D eigenvalue weighted by molar-refractivity contribution is 0.477. The quantitative estimate of drug-likeness (QED) is 0.219. The molecule has 1 atom stereocenters. The molecule has 0 spiro atoms. The summed E-state index contributed by atoms with van der Waals surface area (Å²) in [6, 6.07) is 9.74. The molecule has 0 amide bonds. The van der Waals surface area contributed by atoms with E-state index in [2.05, 4.69) is 21.6 Å². The predicted molar refractivity (Wildman–Crippen MR) is 106 cm³/mol. The maximum Gasteiger partial charge on any atom is 0.235 e. The zero-order valence-electron chi connectivity index (χ0n) is 15.2. The summed E-state index contributed by atoms with van der Waals surface area (Å²) in [7, 11) is 0. The number of nitrogens with zero attached hydrogens (tertiary/aromatic N) is 1. The van der Waals surface area contributed by atoms with Crippen LogP contribution in [0.2, 0.25) is 0 Å². The third kappa shape index (κ3) is 4.83. The summed E-state index contributed by atoms with van der Waals surface area (Å²) in [5, 5.41) is 13.3. The van der Waals surface area contributed by atoms with Gasteiger partial charge >= 0.3 is 0 Å². The lowest BCUT2D eigenvalue weighted by Gasteiger charge is -2.25. The first-order valence-corrected chi connectivity index (χ1v) is 9.07. The van der Waals surface area contributed by atoms with Crippen LogP contribution < -0.4 is 10.0 Å². The highest BCUT2D eigenvalue weighted by Crippen LogP contribution is 2.39. The van der Waals surface area contributed by atoms with Gasteiger partial charge in [0, 0.05) is 28.1 Å². The molecule has 2 rings (SSSR count). The van der Waals surface area contributed by atoms with Gasteiger partial charge in [-0.05, 0) is 44.5 Å². The molecule has 142 valence electrons. The first-order chi connectivity index (χ1) is 12.7. The third-order valence-corrected chi connectivity index (χ3v) is 4.37. The highest BCUT2D eigenvalue weighted by Gasteiger charge is 2.25. The van der Waals surface area contributed by atoms with Gasteiger partial charge in [-0.15, -0.1) is 0 Å². The zero-order valence-corrected chi connectivity index (χ0v) is 16.0. The molecule has 0 radical (unpaired) electrons. The van der Waals surface area contributed by atoms with Crippen molar-refractivity contribution in [2.24, 2.45) is 4.99 Å². The Morgan fingerprint density at radius 2 is 2.04 bits per heavy atom. The van der Waals surface area contributed by atoms with E-state index in [9.17, 15) is 18.7 Å². The van der Waals surface area contributed by atoms with Crippen LogP contribution in [0.15, 0.2) is 48.0 Å². The van der Waals surface area contributed by atoms with E-state index >= 15 is 0 Å². The summed E-state index contributed by atoms with van der Waals surface area (Å²) < 4.78 is 24.0. The largest absolute Gasteiger partial charge is 0.755 e. The van der Waals surface area contributed by atoms with Gasteiger partial charge in [-0.25, -0.2) is 4.79 Å². The van der Waals surface area contributed by atoms with Crippen LogP contribution in [0.3, 0.4) is 0 Å². The van der Waals surface area contributed by atoms with E-state index in [0.717, 1.165) is 11.1 Å². The van der Waals surface area contributed by atoms with E-state index < -0.39 is 16.8 Å². The SMILES string of the molecule is C=C(C)c1cccc(C(C)(C)N=C=O)c1Nc1cc(NS(=O)[O-])ccc1O. The number of rotatable bonds is 7. The Labute approximate surface area is 160 Å². The van der Waals surface area contributed by atoms with Gasteiger partial charge in [0.05, 0.1) is 16.9 Å². The number of para-hydroxylation sites is 1. The number of carbonyl (C=O) groups excluding carboxylic acids is 1. The minimum Gasteiger partial charge on any atom is -0.755 e. The maximum atomic E-state index is 10.9. The fourth-order valence-corrected chi connectivity index (χ4v) is 2.98. The summed E-state index contributed by atoms with van der Waals surface area (Å²) in [5.41, 5.74) is 2.51. The number of aliphatic imine (C=N–C) groups is 1. The van der Waals surface area contributed by atoms with Crippen molar-refractivity contribution in [2.45, 2.75) is 26.3 Å². The summed E-state index contributed by atoms with van der Waals surface area (Å²) in [6.07, 6.45) is 1.59. The molecule has 2 aromatic carbocycles. The number of allylic oxidation sites excluding steroid dienone is 1. The number of phenolic OH excluding ortho intramolecular Hbond substituents is 1. The van der Waals surface area contributed by atoms with Crippen molar-refractivity contribution >= 4 is 40.0 Å². The molecule has 0 aromatic heterocycles. The molecule has 2 aromatic rings. The average Bonchev–Trinajstić information content (AvgIpc) is 2.57. The standard InChI is InChI=1S/C19H21N3O4S/c1-12(2)14-6-5-7-15(19(3,4)20-11-23)18(14)21-16-10-13(22-27(25)26)8-9-17(16)24/h5-10,21-22,24H,1H2,2-4H3,(H,25,26)/p-1. The van der Waals surface area contributed by atoms with Gasteiger partial charge < -0.3 is 19.7 Å². The Hall–Kier alpha value is -2.93. The molecule has 7 nitrogen and oxygen atoms in total. The van der Waals surface area contributed by atoms with Crippen molar-refractivity contribution < 1.29 is 18.7 Å². The van der Waals surface area contributed by atoms with Crippen molar-refractivity contribution in [1.29, 1.82) is 0 Å². The molecule has 0 bridgehead atoms. The van der Waals surface area contributed by atoms with Crippen LogP contribution in [0, 0.1) is 0 Å². The van der Waals surface area contributed by atoms with E-state index in [1.54, 1.807) is 19.9 Å². The molecule has 0 fully saturated rings. The van der Waals surface area contributed by atoms with Crippen molar-refractivity contribution in [1.82, 2.24) is 0 Å². The van der Waals surface area contributed by atoms with E-state index in [1.165, 1.54) is 18.2 Å². The van der Waals surface area contributed by atoms with E-state index in [1.807, 2.05) is 25.1 Å². The lowest BCUT2D eigenvalue weighted by atomic mass is 9.89. The van der Waals surface area contributed by atoms with E-state index in [4.69, 9.17) is 0 Å². The van der Waals surface area contributed by atoms with Crippen molar-refractivity contribution in [3.63, 3.8) is 0 Å². The van der Waals surface area contributed by atoms with Crippen LogP contribution in [0.25, 0.3) is 5.57 Å². The Morgan fingerprint density at radius 1 is 1.33 bits per heavy atom. The molecule has 8 heteroatoms. The third-order valence-electron chi connectivity index (χ3n) is 3.97. The Bertz CT molecular complexity index is 950. The zero-order chi connectivity index (χ0) is 20.2. The smallest absolute Gasteiger partial charge is 0.235 e. The van der Waals surface area contributed by atoms with Gasteiger partial charge in [-0.1, -0.05) is 24.8 Å². The van der Waals surface area contributed by atoms with Crippen molar-refractivity contribution in [3.8, 4) is 5.75 Å². The minimum absolute atomic E-state index is 0.0728. The van der Waals surface area contributed by atoms with Gasteiger partial charge in [0.15, 0.2) is 0 Å². The minimum atomic E-state index is -2.49. The molecule has 0 saturated carbocycles. The van der Waals surface area contributed by atoms with Crippen LogP contribution >= 0.6 is 0 Å². The maximum absolute atomic E-state index is 10.9. The number of hydrogen-bond donors (Lipinski definition) is 3. The molecule has 3 N–H and O–H groups in total. The topological polar surface area (TPSA) is 114 Å². The lowest BCUT2D eigenvalue weighted by Crippen LogP contribution is -2.16. The highest BCUT2D eigenvalue weighted by atomic mass is 32.2. The second kappa shape index (κ2) is 8.18. The summed E-state index contributed by atoms with van der Waals surface area (Å²) in [6.45, 7) is 9.33. The van der Waals surface area contributed by atoms with E-state index in [0.29, 0.717) is 11.3 Å². The van der Waals surface area contributed by atoms with Gasteiger partial charge in [0.25, 0.3) is 0 Å². The fraction of sp³-hybridized carbons (Fsp3) is 0.211. The van der Waals surface area contributed by atoms with Gasteiger partial charge in [-0.3, -0.25) is 4.21 Å². The second-order valence-electron chi connectivity index (χ2n) is 6.46.